The quantitative estimate of drug-likeness (QED) is 0.609. The highest BCUT2D eigenvalue weighted by atomic mass is 32.2. The van der Waals surface area contributed by atoms with Gasteiger partial charge in [0.2, 0.25) is 10.0 Å². The average molecular weight is 250 g/mol. The second-order valence-electron chi connectivity index (χ2n) is 4.56. The van der Waals surface area contributed by atoms with Gasteiger partial charge in [-0.2, -0.15) is 0 Å². The van der Waals surface area contributed by atoms with Gasteiger partial charge in [0, 0.05) is 12.1 Å². The molecular weight excluding hydrogens is 224 g/mol. The number of nitrogens with one attached hydrogen (secondary N) is 2. The Morgan fingerprint density at radius 3 is 2.25 bits per heavy atom. The molecule has 2 N–H and O–H groups in total. The van der Waals surface area contributed by atoms with E-state index in [0.29, 0.717) is 12.5 Å². The van der Waals surface area contributed by atoms with E-state index in [1.54, 1.807) is 0 Å². The van der Waals surface area contributed by atoms with E-state index in [-0.39, 0.29) is 11.8 Å². The van der Waals surface area contributed by atoms with Crippen molar-refractivity contribution in [3.8, 4) is 0 Å². The summed E-state index contributed by atoms with van der Waals surface area (Å²) in [5.74, 6) is 0.233. The molecule has 16 heavy (non-hydrogen) atoms. The van der Waals surface area contributed by atoms with Crippen LogP contribution in [0.4, 0.5) is 0 Å². The Balaban J connectivity index is 3.67. The fraction of sp³-hybridized carbons (Fsp3) is 1.00. The van der Waals surface area contributed by atoms with Crippen LogP contribution < -0.4 is 10.0 Å². The maximum absolute atomic E-state index is 11.6. The van der Waals surface area contributed by atoms with Crippen molar-refractivity contribution in [2.45, 2.75) is 59.0 Å². The predicted octanol–water partition coefficient (Wildman–Crippen LogP) is 1.48. The fourth-order valence-electron chi connectivity index (χ4n) is 1.26. The first-order chi connectivity index (χ1) is 7.37. The second kappa shape index (κ2) is 8.03. The van der Waals surface area contributed by atoms with E-state index in [1.807, 2.05) is 13.8 Å². The Morgan fingerprint density at radius 2 is 1.75 bits per heavy atom. The van der Waals surface area contributed by atoms with Crippen LogP contribution in [0.1, 0.15) is 47.0 Å². The zero-order valence-electron chi connectivity index (χ0n) is 10.9. The van der Waals surface area contributed by atoms with Crippen molar-refractivity contribution in [3.63, 3.8) is 0 Å². The molecule has 0 aromatic rings. The van der Waals surface area contributed by atoms with Gasteiger partial charge in [0.1, 0.15) is 0 Å². The summed E-state index contributed by atoms with van der Waals surface area (Å²) in [6.07, 6.45) is 2.44. The lowest BCUT2D eigenvalue weighted by Crippen LogP contribution is -2.34. The monoisotopic (exact) mass is 250 g/mol. The van der Waals surface area contributed by atoms with E-state index in [9.17, 15) is 8.42 Å². The Morgan fingerprint density at radius 1 is 1.12 bits per heavy atom. The zero-order chi connectivity index (χ0) is 12.6. The van der Waals surface area contributed by atoms with Gasteiger partial charge in [0.25, 0.3) is 0 Å². The van der Waals surface area contributed by atoms with E-state index in [0.717, 1.165) is 19.4 Å². The van der Waals surface area contributed by atoms with E-state index in [4.69, 9.17) is 0 Å². The zero-order valence-corrected chi connectivity index (χ0v) is 11.7. The molecule has 0 saturated heterocycles. The summed E-state index contributed by atoms with van der Waals surface area (Å²) in [6, 6.07) is 0.508. The largest absolute Gasteiger partial charge is 0.315 e. The summed E-state index contributed by atoms with van der Waals surface area (Å²) < 4.78 is 25.8. The number of sulfonamides is 1. The SMILES string of the molecule is CCC(C)NS(=O)(=O)CCCCNC(C)C. The Bertz CT molecular complexity index is 263. The lowest BCUT2D eigenvalue weighted by Gasteiger charge is -2.12. The summed E-state index contributed by atoms with van der Waals surface area (Å²) in [5, 5.41) is 3.27. The molecule has 98 valence electrons. The Labute approximate surface area is 100 Å². The predicted molar refractivity (Wildman–Crippen MR) is 69.0 cm³/mol. The molecule has 0 amide bonds. The third kappa shape index (κ3) is 9.12. The topological polar surface area (TPSA) is 58.2 Å². The molecule has 0 saturated carbocycles. The van der Waals surface area contributed by atoms with Crippen molar-refractivity contribution in [1.82, 2.24) is 10.0 Å². The lowest BCUT2D eigenvalue weighted by atomic mass is 10.3. The van der Waals surface area contributed by atoms with Crippen molar-refractivity contribution >= 4 is 10.0 Å². The van der Waals surface area contributed by atoms with Crippen LogP contribution in [0.3, 0.4) is 0 Å². The molecular formula is C11H26N2O2S. The molecule has 0 radical (unpaired) electrons. The van der Waals surface area contributed by atoms with Gasteiger partial charge in [-0.3, -0.25) is 0 Å². The van der Waals surface area contributed by atoms with Crippen LogP contribution >= 0.6 is 0 Å². The molecule has 0 aliphatic heterocycles. The molecule has 0 spiro atoms. The van der Waals surface area contributed by atoms with Crippen molar-refractivity contribution in [2.75, 3.05) is 12.3 Å². The Kier molecular flexibility index (Phi) is 7.97. The average Bonchev–Trinajstić information content (AvgIpc) is 2.15. The molecule has 0 fully saturated rings. The van der Waals surface area contributed by atoms with Crippen LogP contribution in [0.25, 0.3) is 0 Å². The maximum atomic E-state index is 11.6. The lowest BCUT2D eigenvalue weighted by molar-refractivity contribution is 0.543. The maximum Gasteiger partial charge on any atom is 0.211 e. The van der Waals surface area contributed by atoms with Crippen molar-refractivity contribution < 1.29 is 8.42 Å². The van der Waals surface area contributed by atoms with Crippen molar-refractivity contribution in [2.24, 2.45) is 0 Å². The van der Waals surface area contributed by atoms with E-state index >= 15 is 0 Å². The third-order valence-corrected chi connectivity index (χ3v) is 3.97. The van der Waals surface area contributed by atoms with Gasteiger partial charge in [-0.1, -0.05) is 20.8 Å². The minimum Gasteiger partial charge on any atom is -0.315 e. The van der Waals surface area contributed by atoms with Crippen LogP contribution in [0.5, 0.6) is 0 Å². The molecule has 1 atom stereocenters. The minimum absolute atomic E-state index is 0.0405. The van der Waals surface area contributed by atoms with Crippen LogP contribution in [-0.4, -0.2) is 32.8 Å². The third-order valence-electron chi connectivity index (χ3n) is 2.39. The van der Waals surface area contributed by atoms with Gasteiger partial charge in [-0.15, -0.1) is 0 Å². The number of hydrogen-bond acceptors (Lipinski definition) is 3. The molecule has 0 rings (SSSR count). The highest BCUT2D eigenvalue weighted by Gasteiger charge is 2.12. The summed E-state index contributed by atoms with van der Waals surface area (Å²) >= 11 is 0. The highest BCUT2D eigenvalue weighted by Crippen LogP contribution is 1.98. The number of hydrogen-bond donors (Lipinski definition) is 2. The minimum atomic E-state index is -3.07. The molecule has 4 nitrogen and oxygen atoms in total. The van der Waals surface area contributed by atoms with E-state index in [1.165, 1.54) is 0 Å². The van der Waals surface area contributed by atoms with Gasteiger partial charge in [0.15, 0.2) is 0 Å². The van der Waals surface area contributed by atoms with Crippen molar-refractivity contribution in [1.29, 1.82) is 0 Å². The standard InChI is InChI=1S/C11H26N2O2S/c1-5-11(4)13-16(14,15)9-7-6-8-12-10(2)3/h10-13H,5-9H2,1-4H3. The molecule has 0 heterocycles. The van der Waals surface area contributed by atoms with Crippen LogP contribution in [0.15, 0.2) is 0 Å². The van der Waals surface area contributed by atoms with Crippen molar-refractivity contribution in [3.05, 3.63) is 0 Å². The summed E-state index contributed by atoms with van der Waals surface area (Å²) in [4.78, 5) is 0. The van der Waals surface area contributed by atoms with Crippen LogP contribution in [-0.2, 0) is 10.0 Å². The van der Waals surface area contributed by atoms with Gasteiger partial charge >= 0.3 is 0 Å². The number of unbranched alkanes of at least 4 members (excludes halogenated alkanes) is 1. The normalized spacial score (nSPS) is 14.3. The van der Waals surface area contributed by atoms with E-state index in [2.05, 4.69) is 23.9 Å². The highest BCUT2D eigenvalue weighted by molar-refractivity contribution is 7.89. The first-order valence-electron chi connectivity index (χ1n) is 6.10. The molecule has 0 aliphatic rings. The van der Waals surface area contributed by atoms with Gasteiger partial charge < -0.3 is 5.32 Å². The molecule has 0 aromatic heterocycles. The number of rotatable bonds is 9. The fourth-order valence-corrected chi connectivity index (χ4v) is 2.74. The molecule has 0 aromatic carbocycles. The first kappa shape index (κ1) is 15.9. The van der Waals surface area contributed by atoms with Gasteiger partial charge in [-0.25, -0.2) is 13.1 Å². The molecule has 0 bridgehead atoms. The Hall–Kier alpha value is -0.130. The summed E-state index contributed by atoms with van der Waals surface area (Å²) in [6.45, 7) is 8.91. The smallest absolute Gasteiger partial charge is 0.211 e. The molecule has 1 unspecified atom stereocenters. The van der Waals surface area contributed by atoms with Crippen LogP contribution in [0.2, 0.25) is 0 Å². The van der Waals surface area contributed by atoms with Crippen LogP contribution in [0, 0.1) is 0 Å². The molecule has 5 heteroatoms. The summed E-state index contributed by atoms with van der Waals surface area (Å²) in [7, 11) is -3.07. The van der Waals surface area contributed by atoms with Gasteiger partial charge in [0.05, 0.1) is 5.75 Å². The first-order valence-corrected chi connectivity index (χ1v) is 7.76. The van der Waals surface area contributed by atoms with Gasteiger partial charge in [-0.05, 0) is 32.7 Å². The summed E-state index contributed by atoms with van der Waals surface area (Å²) in [5.41, 5.74) is 0. The second-order valence-corrected chi connectivity index (χ2v) is 6.44. The molecule has 0 aliphatic carbocycles. The van der Waals surface area contributed by atoms with E-state index < -0.39 is 10.0 Å².